The van der Waals surface area contributed by atoms with Crippen LogP contribution in [0.5, 0.6) is 0 Å². The molecule has 0 saturated heterocycles. The molecule has 4 N–H and O–H groups in total. The van der Waals surface area contributed by atoms with Crippen LogP contribution in [0.3, 0.4) is 0 Å². The highest BCUT2D eigenvalue weighted by molar-refractivity contribution is 6.08. The lowest BCUT2D eigenvalue weighted by Gasteiger charge is -2.04. The Morgan fingerprint density at radius 3 is 2.93 bits per heavy atom. The highest BCUT2D eigenvalue weighted by Gasteiger charge is 2.01. The number of nitrogens with two attached hydrogens (primary N) is 1. The quantitative estimate of drug-likeness (QED) is 0.641. The first-order valence-electron chi connectivity index (χ1n) is 4.33. The number of hydrogen-bond donors (Lipinski definition) is 3. The Balaban J connectivity index is 3.01. The van der Waals surface area contributed by atoms with Crippen LogP contribution in [-0.2, 0) is 4.79 Å². The number of amides is 1. The van der Waals surface area contributed by atoms with Crippen molar-refractivity contribution in [3.05, 3.63) is 30.1 Å². The number of hydrogen-bond acceptors (Lipinski definition) is 4. The molecule has 0 unspecified atom stereocenters. The van der Waals surface area contributed by atoms with Gasteiger partial charge < -0.3 is 16.5 Å². The van der Waals surface area contributed by atoms with Gasteiger partial charge in [-0.15, -0.1) is 0 Å². The Morgan fingerprint density at radius 2 is 2.40 bits per heavy atom. The van der Waals surface area contributed by atoms with E-state index in [1.54, 1.807) is 18.3 Å². The Hall–Kier alpha value is -2.17. The van der Waals surface area contributed by atoms with Crippen molar-refractivity contribution in [1.29, 1.82) is 5.41 Å². The molecule has 0 aromatic carbocycles. The number of nitrogens with zero attached hydrogens (tertiary/aromatic N) is 1. The molecule has 0 spiro atoms. The number of nitrogens with one attached hydrogen (secondary N) is 2. The molecule has 1 heterocycles. The summed E-state index contributed by atoms with van der Waals surface area (Å²) in [7, 11) is 0. The molecule has 0 atom stereocenters. The van der Waals surface area contributed by atoms with Gasteiger partial charge in [0.05, 0.1) is 0 Å². The summed E-state index contributed by atoms with van der Waals surface area (Å²) in [6.07, 6.45) is 4.03. The first-order valence-corrected chi connectivity index (χ1v) is 4.33. The van der Waals surface area contributed by atoms with Crippen molar-refractivity contribution >= 4 is 23.5 Å². The van der Waals surface area contributed by atoms with Crippen molar-refractivity contribution in [2.75, 3.05) is 5.32 Å². The Morgan fingerprint density at radius 1 is 1.67 bits per heavy atom. The molecule has 1 aromatic rings. The Labute approximate surface area is 87.5 Å². The summed E-state index contributed by atoms with van der Waals surface area (Å²) in [5, 5.41) is 9.68. The standard InChI is InChI=1S/C10H12N4O/c1-7(15)14-10-4-8(2-3-13-10)9(5-11)6-12/h2-6,11H,12H2,1H3,(H,13,14,15)/b9-6+,11-5?. The minimum absolute atomic E-state index is 0.187. The zero-order valence-corrected chi connectivity index (χ0v) is 8.32. The molecule has 0 aliphatic carbocycles. The molecule has 0 radical (unpaired) electrons. The second-order valence-corrected chi connectivity index (χ2v) is 2.88. The van der Waals surface area contributed by atoms with Crippen LogP contribution in [0.1, 0.15) is 12.5 Å². The first kappa shape index (κ1) is 10.9. The average Bonchev–Trinajstić information content (AvgIpc) is 2.19. The van der Waals surface area contributed by atoms with Gasteiger partial charge in [0.2, 0.25) is 5.91 Å². The minimum Gasteiger partial charge on any atom is -0.404 e. The monoisotopic (exact) mass is 204 g/mol. The zero-order chi connectivity index (χ0) is 11.3. The van der Waals surface area contributed by atoms with E-state index in [-0.39, 0.29) is 5.91 Å². The van der Waals surface area contributed by atoms with E-state index < -0.39 is 0 Å². The SMILES string of the molecule is CC(=O)Nc1cc(/C(C=N)=C/N)ccn1. The number of carbonyl (C=O) groups excluding carboxylic acids is 1. The van der Waals surface area contributed by atoms with E-state index in [0.717, 1.165) is 11.8 Å². The van der Waals surface area contributed by atoms with Crippen LogP contribution in [0.15, 0.2) is 24.5 Å². The lowest BCUT2D eigenvalue weighted by molar-refractivity contribution is -0.114. The number of anilines is 1. The van der Waals surface area contributed by atoms with Crippen molar-refractivity contribution < 1.29 is 4.79 Å². The second kappa shape index (κ2) is 4.90. The highest BCUT2D eigenvalue weighted by Crippen LogP contribution is 2.14. The largest absolute Gasteiger partial charge is 0.404 e. The van der Waals surface area contributed by atoms with E-state index in [9.17, 15) is 4.79 Å². The summed E-state index contributed by atoms with van der Waals surface area (Å²) in [6.45, 7) is 1.41. The smallest absolute Gasteiger partial charge is 0.222 e. The molecule has 0 aliphatic heterocycles. The number of carbonyl (C=O) groups is 1. The van der Waals surface area contributed by atoms with Gasteiger partial charge in [0.1, 0.15) is 5.82 Å². The fraction of sp³-hybridized carbons (Fsp3) is 0.100. The molecule has 1 aromatic heterocycles. The summed E-state index contributed by atoms with van der Waals surface area (Å²) >= 11 is 0. The van der Waals surface area contributed by atoms with Crippen LogP contribution in [0.4, 0.5) is 5.82 Å². The van der Waals surface area contributed by atoms with Crippen LogP contribution >= 0.6 is 0 Å². The maximum Gasteiger partial charge on any atom is 0.222 e. The average molecular weight is 204 g/mol. The third kappa shape index (κ3) is 2.91. The van der Waals surface area contributed by atoms with Gasteiger partial charge in [-0.2, -0.15) is 0 Å². The maximum atomic E-state index is 10.8. The van der Waals surface area contributed by atoms with Gasteiger partial charge in [0.15, 0.2) is 0 Å². The van der Waals surface area contributed by atoms with Crippen molar-refractivity contribution in [2.45, 2.75) is 6.92 Å². The number of pyridine rings is 1. The number of allylic oxidation sites excluding steroid dienone is 1. The maximum absolute atomic E-state index is 10.8. The van der Waals surface area contributed by atoms with Crippen LogP contribution < -0.4 is 11.1 Å². The van der Waals surface area contributed by atoms with Gasteiger partial charge in [0.25, 0.3) is 0 Å². The summed E-state index contributed by atoms with van der Waals surface area (Å²) < 4.78 is 0. The van der Waals surface area contributed by atoms with E-state index in [2.05, 4.69) is 10.3 Å². The van der Waals surface area contributed by atoms with Gasteiger partial charge in [-0.05, 0) is 17.7 Å². The highest BCUT2D eigenvalue weighted by atomic mass is 16.1. The van der Waals surface area contributed by atoms with Gasteiger partial charge in [-0.3, -0.25) is 4.79 Å². The summed E-state index contributed by atoms with van der Waals surface area (Å²) in [5.41, 5.74) is 6.66. The molecule has 5 heteroatoms. The van der Waals surface area contributed by atoms with Crippen LogP contribution in [0, 0.1) is 5.41 Å². The van der Waals surface area contributed by atoms with E-state index in [4.69, 9.17) is 11.1 Å². The van der Waals surface area contributed by atoms with Crippen LogP contribution in [0.25, 0.3) is 5.57 Å². The van der Waals surface area contributed by atoms with Gasteiger partial charge in [0, 0.05) is 31.1 Å². The third-order valence-corrected chi connectivity index (χ3v) is 1.73. The summed E-state index contributed by atoms with van der Waals surface area (Å²) in [5.74, 6) is 0.258. The molecule has 0 saturated carbocycles. The third-order valence-electron chi connectivity index (χ3n) is 1.73. The van der Waals surface area contributed by atoms with Crippen molar-refractivity contribution in [3.63, 3.8) is 0 Å². The molecule has 5 nitrogen and oxygen atoms in total. The summed E-state index contributed by atoms with van der Waals surface area (Å²) in [4.78, 5) is 14.8. The van der Waals surface area contributed by atoms with Crippen molar-refractivity contribution in [1.82, 2.24) is 4.98 Å². The Kier molecular flexibility index (Phi) is 3.56. The predicted molar refractivity (Wildman–Crippen MR) is 59.5 cm³/mol. The topological polar surface area (TPSA) is 91.9 Å². The van der Waals surface area contributed by atoms with E-state index in [0.29, 0.717) is 11.4 Å². The van der Waals surface area contributed by atoms with Crippen molar-refractivity contribution in [2.24, 2.45) is 5.73 Å². The lowest BCUT2D eigenvalue weighted by Crippen LogP contribution is -2.07. The van der Waals surface area contributed by atoms with Gasteiger partial charge in [-0.25, -0.2) is 4.98 Å². The molecule has 15 heavy (non-hydrogen) atoms. The molecule has 1 amide bonds. The molecule has 1 rings (SSSR count). The zero-order valence-electron chi connectivity index (χ0n) is 8.32. The fourth-order valence-electron chi connectivity index (χ4n) is 1.09. The van der Waals surface area contributed by atoms with Gasteiger partial charge in [-0.1, -0.05) is 0 Å². The number of aromatic nitrogens is 1. The van der Waals surface area contributed by atoms with Crippen LogP contribution in [0.2, 0.25) is 0 Å². The van der Waals surface area contributed by atoms with Crippen molar-refractivity contribution in [3.8, 4) is 0 Å². The molecule has 0 bridgehead atoms. The lowest BCUT2D eigenvalue weighted by atomic mass is 10.1. The Bertz CT molecular complexity index is 412. The number of rotatable bonds is 3. The van der Waals surface area contributed by atoms with Gasteiger partial charge >= 0.3 is 0 Å². The van der Waals surface area contributed by atoms with E-state index >= 15 is 0 Å². The fourth-order valence-corrected chi connectivity index (χ4v) is 1.09. The second-order valence-electron chi connectivity index (χ2n) is 2.88. The summed E-state index contributed by atoms with van der Waals surface area (Å²) in [6, 6.07) is 3.38. The minimum atomic E-state index is -0.187. The predicted octanol–water partition coefficient (Wildman–Crippen LogP) is 0.989. The molecular weight excluding hydrogens is 192 g/mol. The van der Waals surface area contributed by atoms with E-state index in [1.165, 1.54) is 13.1 Å². The normalized spacial score (nSPS) is 10.9. The van der Waals surface area contributed by atoms with E-state index in [1.807, 2.05) is 0 Å². The molecule has 0 fully saturated rings. The van der Waals surface area contributed by atoms with Crippen LogP contribution in [-0.4, -0.2) is 17.1 Å². The molecular formula is C10H12N4O. The molecule has 78 valence electrons. The molecule has 0 aliphatic rings. The first-order chi connectivity index (χ1) is 7.17.